The van der Waals surface area contributed by atoms with E-state index in [9.17, 15) is 21.6 Å². The fraction of sp³-hybridized carbons (Fsp3) is 0.300. The number of alkyl halides is 3. The van der Waals surface area contributed by atoms with E-state index in [0.29, 0.717) is 10.6 Å². The normalized spacial score (nSPS) is 19.9. The molecular weight excluding hydrogens is 467 g/mol. The van der Waals surface area contributed by atoms with Crippen molar-refractivity contribution in [3.05, 3.63) is 71.4 Å². The number of sulfonamides is 1. The van der Waals surface area contributed by atoms with Gasteiger partial charge in [-0.15, -0.1) is 0 Å². The summed E-state index contributed by atoms with van der Waals surface area (Å²) in [6, 6.07) is 8.79. The lowest BCUT2D eigenvalue weighted by Crippen LogP contribution is -2.32. The van der Waals surface area contributed by atoms with E-state index in [-0.39, 0.29) is 23.8 Å². The van der Waals surface area contributed by atoms with Crippen molar-refractivity contribution in [3.63, 3.8) is 0 Å². The summed E-state index contributed by atoms with van der Waals surface area (Å²) in [5.74, 6) is -0.398. The van der Waals surface area contributed by atoms with E-state index in [1.807, 2.05) is 0 Å². The molecule has 0 amide bonds. The monoisotopic (exact) mass is 485 g/mol. The van der Waals surface area contributed by atoms with Gasteiger partial charge in [0.25, 0.3) is 10.0 Å². The van der Waals surface area contributed by atoms with Gasteiger partial charge in [-0.1, -0.05) is 29.8 Å². The summed E-state index contributed by atoms with van der Waals surface area (Å²) in [4.78, 5) is 7.32. The van der Waals surface area contributed by atoms with Crippen molar-refractivity contribution >= 4 is 27.3 Å². The van der Waals surface area contributed by atoms with Gasteiger partial charge in [-0.2, -0.15) is 17.5 Å². The quantitative estimate of drug-likeness (QED) is 0.595. The van der Waals surface area contributed by atoms with Crippen LogP contribution >= 0.6 is 11.6 Å². The van der Waals surface area contributed by atoms with Crippen molar-refractivity contribution in [1.29, 1.82) is 0 Å². The Kier molecular flexibility index (Phi) is 5.91. The van der Waals surface area contributed by atoms with Crippen molar-refractivity contribution in [2.24, 2.45) is 7.05 Å². The largest absolute Gasteiger partial charge is 0.433 e. The number of halogens is 4. The van der Waals surface area contributed by atoms with Crippen LogP contribution in [0, 0.1) is 0 Å². The van der Waals surface area contributed by atoms with Crippen LogP contribution in [0.3, 0.4) is 0 Å². The third-order valence-corrected chi connectivity index (χ3v) is 7.34. The van der Waals surface area contributed by atoms with E-state index >= 15 is 0 Å². The standard InChI is InChI=1S/C20H19ClF3N5O2S/c1-28-11-19(26-12-28)32(30,31)29-9-15(14-4-2-3-5-16(14)21)17(10-29)27-13-6-7-25-18(8-13)20(22,23)24/h2-8,11-12,15,17H,9-10H2,1H3,(H,25,27). The number of anilines is 1. The molecule has 32 heavy (non-hydrogen) atoms. The molecule has 0 saturated carbocycles. The Morgan fingerprint density at radius 3 is 2.56 bits per heavy atom. The molecular formula is C20H19ClF3N5O2S. The zero-order chi connectivity index (χ0) is 23.1. The predicted octanol–water partition coefficient (Wildman–Crippen LogP) is 3.76. The minimum absolute atomic E-state index is 0.0263. The lowest BCUT2D eigenvalue weighted by molar-refractivity contribution is -0.141. The second-order valence-electron chi connectivity index (χ2n) is 7.51. The highest BCUT2D eigenvalue weighted by Crippen LogP contribution is 2.37. The Morgan fingerprint density at radius 2 is 1.91 bits per heavy atom. The fourth-order valence-electron chi connectivity index (χ4n) is 3.74. The number of rotatable bonds is 5. The molecule has 7 nitrogen and oxygen atoms in total. The van der Waals surface area contributed by atoms with Crippen molar-refractivity contribution in [2.75, 3.05) is 18.4 Å². The molecule has 3 aromatic rings. The van der Waals surface area contributed by atoms with E-state index in [4.69, 9.17) is 11.6 Å². The highest BCUT2D eigenvalue weighted by atomic mass is 35.5. The maximum absolute atomic E-state index is 13.1. The highest BCUT2D eigenvalue weighted by Gasteiger charge is 2.42. The van der Waals surface area contributed by atoms with Gasteiger partial charge < -0.3 is 9.88 Å². The molecule has 170 valence electrons. The molecule has 2 atom stereocenters. The first kappa shape index (κ1) is 22.6. The van der Waals surface area contributed by atoms with E-state index < -0.39 is 33.9 Å². The molecule has 4 rings (SSSR count). The molecule has 2 aromatic heterocycles. The summed E-state index contributed by atoms with van der Waals surface area (Å²) in [7, 11) is -2.24. The van der Waals surface area contributed by atoms with E-state index in [1.165, 1.54) is 27.5 Å². The first-order valence-corrected chi connectivity index (χ1v) is 11.4. The Labute approximate surface area is 187 Å². The van der Waals surface area contributed by atoms with Gasteiger partial charge in [0.05, 0.1) is 6.33 Å². The Bertz CT molecular complexity index is 1230. The van der Waals surface area contributed by atoms with Crippen LogP contribution < -0.4 is 5.32 Å². The van der Waals surface area contributed by atoms with Crippen LogP contribution in [0.4, 0.5) is 18.9 Å². The number of nitrogens with one attached hydrogen (secondary N) is 1. The van der Waals surface area contributed by atoms with Crippen LogP contribution in [-0.2, 0) is 23.2 Å². The van der Waals surface area contributed by atoms with Crippen LogP contribution in [0.25, 0.3) is 0 Å². The Hall–Kier alpha value is -2.63. The van der Waals surface area contributed by atoms with Gasteiger partial charge in [-0.3, -0.25) is 4.98 Å². The third-order valence-electron chi connectivity index (χ3n) is 5.28. The topological polar surface area (TPSA) is 80.1 Å². The zero-order valence-electron chi connectivity index (χ0n) is 16.8. The summed E-state index contributed by atoms with van der Waals surface area (Å²) in [5.41, 5.74) is -0.144. The van der Waals surface area contributed by atoms with E-state index in [1.54, 1.807) is 31.3 Å². The minimum Gasteiger partial charge on any atom is -0.380 e. The summed E-state index contributed by atoms with van der Waals surface area (Å²) in [6.07, 6.45) is -0.740. The number of imidazole rings is 1. The number of pyridine rings is 1. The van der Waals surface area contributed by atoms with Gasteiger partial charge in [-0.05, 0) is 23.8 Å². The molecule has 3 heterocycles. The molecule has 2 unspecified atom stereocenters. The molecule has 1 fully saturated rings. The molecule has 12 heteroatoms. The SMILES string of the molecule is Cn1cnc(S(=O)(=O)N2CC(Nc3ccnc(C(F)(F)F)c3)C(c3ccccc3Cl)C2)c1. The van der Waals surface area contributed by atoms with Crippen LogP contribution in [-0.4, -0.2) is 46.4 Å². The van der Waals surface area contributed by atoms with Crippen molar-refractivity contribution in [2.45, 2.75) is 23.2 Å². The van der Waals surface area contributed by atoms with Crippen LogP contribution in [0.1, 0.15) is 17.2 Å². The molecule has 0 spiro atoms. The predicted molar refractivity (Wildman–Crippen MR) is 113 cm³/mol. The molecule has 0 radical (unpaired) electrons. The Morgan fingerprint density at radius 1 is 1.16 bits per heavy atom. The number of nitrogens with zero attached hydrogens (tertiary/aromatic N) is 4. The molecule has 1 aromatic carbocycles. The van der Waals surface area contributed by atoms with Crippen LogP contribution in [0.15, 0.2) is 60.1 Å². The number of aromatic nitrogens is 3. The summed E-state index contributed by atoms with van der Waals surface area (Å²) in [6.45, 7) is 0.121. The third kappa shape index (κ3) is 4.45. The lowest BCUT2D eigenvalue weighted by Gasteiger charge is -2.22. The summed E-state index contributed by atoms with van der Waals surface area (Å²) < 4.78 is 68.3. The van der Waals surface area contributed by atoms with Crippen LogP contribution in [0.2, 0.25) is 5.02 Å². The van der Waals surface area contributed by atoms with Gasteiger partial charge in [0.1, 0.15) is 5.69 Å². The van der Waals surface area contributed by atoms with Crippen molar-refractivity contribution in [3.8, 4) is 0 Å². The van der Waals surface area contributed by atoms with Crippen molar-refractivity contribution < 1.29 is 21.6 Å². The molecule has 1 saturated heterocycles. The van der Waals surface area contributed by atoms with Crippen LogP contribution in [0.5, 0.6) is 0 Å². The zero-order valence-corrected chi connectivity index (χ0v) is 18.4. The highest BCUT2D eigenvalue weighted by molar-refractivity contribution is 7.89. The average Bonchev–Trinajstić information content (AvgIpc) is 3.35. The Balaban J connectivity index is 1.68. The van der Waals surface area contributed by atoms with Gasteiger partial charge in [-0.25, -0.2) is 13.4 Å². The van der Waals surface area contributed by atoms with Gasteiger partial charge in [0.2, 0.25) is 0 Å². The molecule has 1 N–H and O–H groups in total. The first-order valence-electron chi connectivity index (χ1n) is 9.58. The maximum Gasteiger partial charge on any atom is 0.433 e. The fourth-order valence-corrected chi connectivity index (χ4v) is 5.48. The second-order valence-corrected chi connectivity index (χ2v) is 9.80. The number of hydrogen-bond acceptors (Lipinski definition) is 5. The average molecular weight is 486 g/mol. The van der Waals surface area contributed by atoms with E-state index in [0.717, 1.165) is 12.3 Å². The first-order chi connectivity index (χ1) is 15.1. The number of aryl methyl sites for hydroxylation is 1. The number of hydrogen-bond donors (Lipinski definition) is 1. The summed E-state index contributed by atoms with van der Waals surface area (Å²) >= 11 is 6.37. The van der Waals surface area contributed by atoms with Gasteiger partial charge in [0.15, 0.2) is 5.03 Å². The molecule has 1 aliphatic rings. The van der Waals surface area contributed by atoms with E-state index in [2.05, 4.69) is 15.3 Å². The maximum atomic E-state index is 13.1. The minimum atomic E-state index is -4.59. The molecule has 1 aliphatic heterocycles. The second kappa shape index (κ2) is 8.38. The number of benzene rings is 1. The summed E-state index contributed by atoms with van der Waals surface area (Å²) in [5, 5.41) is 3.41. The van der Waals surface area contributed by atoms with Crippen molar-refractivity contribution in [1.82, 2.24) is 18.8 Å². The van der Waals surface area contributed by atoms with Gasteiger partial charge in [0, 0.05) is 55.2 Å². The molecule has 0 aliphatic carbocycles. The van der Waals surface area contributed by atoms with Gasteiger partial charge >= 0.3 is 6.18 Å². The smallest absolute Gasteiger partial charge is 0.380 e. The lowest BCUT2D eigenvalue weighted by atomic mass is 9.94. The molecule has 0 bridgehead atoms.